The predicted octanol–water partition coefficient (Wildman–Crippen LogP) is 3.15. The summed E-state index contributed by atoms with van der Waals surface area (Å²) in [6.07, 6.45) is 3.88. The van der Waals surface area contributed by atoms with Crippen LogP contribution in [-0.4, -0.2) is 27.9 Å². The molecule has 4 rings (SSSR count). The number of aryl methyl sites for hydroxylation is 1. The molecule has 112 valence electrons. The summed E-state index contributed by atoms with van der Waals surface area (Å²) in [7, 11) is 2.05. The zero-order chi connectivity index (χ0) is 14.9. The lowest BCUT2D eigenvalue weighted by molar-refractivity contribution is 0.728. The minimum atomic E-state index is 0.982. The van der Waals surface area contributed by atoms with E-state index >= 15 is 0 Å². The van der Waals surface area contributed by atoms with Crippen molar-refractivity contribution in [2.24, 2.45) is 7.05 Å². The summed E-state index contributed by atoms with van der Waals surface area (Å²) in [6.45, 7) is 2.00. The van der Waals surface area contributed by atoms with E-state index in [0.29, 0.717) is 0 Å². The van der Waals surface area contributed by atoms with Crippen molar-refractivity contribution >= 4 is 16.5 Å². The van der Waals surface area contributed by atoms with Gasteiger partial charge in [-0.2, -0.15) is 5.10 Å². The molecule has 2 aromatic heterocycles. The molecule has 0 spiro atoms. The number of hydrogen-bond donors (Lipinski definition) is 0. The number of benzene rings is 1. The van der Waals surface area contributed by atoms with Crippen LogP contribution in [0.15, 0.2) is 41.9 Å². The molecule has 3 heterocycles. The SMILES string of the molecule is Cn1nc2c(c1-c1ccccc1)CCN(c1nccs1)CC2. The van der Waals surface area contributed by atoms with Gasteiger partial charge in [-0.25, -0.2) is 4.98 Å². The van der Waals surface area contributed by atoms with E-state index < -0.39 is 0 Å². The third-order valence-corrected chi connectivity index (χ3v) is 5.05. The summed E-state index contributed by atoms with van der Waals surface area (Å²) >= 11 is 1.71. The quantitative estimate of drug-likeness (QED) is 0.729. The minimum Gasteiger partial charge on any atom is -0.347 e. The van der Waals surface area contributed by atoms with Crippen LogP contribution in [0, 0.1) is 0 Å². The molecule has 0 amide bonds. The standard InChI is InChI=1S/C17H18N4S/c1-20-16(13-5-3-2-4-6-13)14-7-10-21(11-8-15(14)19-20)17-18-9-12-22-17/h2-6,9,12H,7-8,10-11H2,1H3. The number of aromatic nitrogens is 3. The monoisotopic (exact) mass is 310 g/mol. The maximum Gasteiger partial charge on any atom is 0.185 e. The van der Waals surface area contributed by atoms with E-state index in [1.165, 1.54) is 22.5 Å². The molecule has 0 bridgehead atoms. The molecule has 3 aromatic rings. The van der Waals surface area contributed by atoms with Crippen LogP contribution in [-0.2, 0) is 19.9 Å². The highest BCUT2D eigenvalue weighted by atomic mass is 32.1. The van der Waals surface area contributed by atoms with Gasteiger partial charge in [-0.3, -0.25) is 4.68 Å². The fourth-order valence-electron chi connectivity index (χ4n) is 3.21. The molecule has 0 fully saturated rings. The molecular weight excluding hydrogens is 292 g/mol. The van der Waals surface area contributed by atoms with Gasteiger partial charge in [0.1, 0.15) is 0 Å². The van der Waals surface area contributed by atoms with Crippen LogP contribution < -0.4 is 4.90 Å². The molecule has 0 saturated carbocycles. The third-order valence-electron chi connectivity index (χ3n) is 4.22. The molecular formula is C17H18N4S. The Morgan fingerprint density at radius 2 is 1.91 bits per heavy atom. The summed E-state index contributed by atoms with van der Waals surface area (Å²) in [5.74, 6) is 0. The maximum atomic E-state index is 4.78. The van der Waals surface area contributed by atoms with Gasteiger partial charge in [-0.15, -0.1) is 11.3 Å². The van der Waals surface area contributed by atoms with Crippen LogP contribution in [0.1, 0.15) is 11.3 Å². The minimum absolute atomic E-state index is 0.982. The van der Waals surface area contributed by atoms with E-state index in [4.69, 9.17) is 5.10 Å². The zero-order valence-electron chi connectivity index (χ0n) is 12.6. The summed E-state index contributed by atoms with van der Waals surface area (Å²) in [4.78, 5) is 6.82. The Bertz CT molecular complexity index is 762. The fourth-order valence-corrected chi connectivity index (χ4v) is 3.90. The van der Waals surface area contributed by atoms with E-state index in [1.54, 1.807) is 11.3 Å². The van der Waals surface area contributed by atoms with E-state index in [1.807, 2.05) is 16.3 Å². The van der Waals surface area contributed by atoms with Crippen LogP contribution in [0.4, 0.5) is 5.13 Å². The van der Waals surface area contributed by atoms with Gasteiger partial charge in [-0.05, 0) is 6.42 Å². The molecule has 0 aliphatic carbocycles. The second kappa shape index (κ2) is 5.57. The van der Waals surface area contributed by atoms with Gasteiger partial charge >= 0.3 is 0 Å². The fraction of sp³-hybridized carbons (Fsp3) is 0.294. The lowest BCUT2D eigenvalue weighted by Crippen LogP contribution is -2.26. The molecule has 22 heavy (non-hydrogen) atoms. The number of nitrogens with zero attached hydrogens (tertiary/aromatic N) is 4. The Hall–Kier alpha value is -2.14. The first-order valence-corrected chi connectivity index (χ1v) is 8.45. The van der Waals surface area contributed by atoms with Gasteiger partial charge in [0, 0.05) is 49.3 Å². The van der Waals surface area contributed by atoms with Crippen LogP contribution in [0.3, 0.4) is 0 Å². The predicted molar refractivity (Wildman–Crippen MR) is 90.4 cm³/mol. The number of fused-ring (bicyclic) bond motifs is 1. The molecule has 0 saturated heterocycles. The highest BCUT2D eigenvalue weighted by Crippen LogP contribution is 2.29. The normalized spacial score (nSPS) is 14.7. The first kappa shape index (κ1) is 13.5. The average molecular weight is 310 g/mol. The van der Waals surface area contributed by atoms with E-state index in [2.05, 4.69) is 47.3 Å². The summed E-state index contributed by atoms with van der Waals surface area (Å²) in [5, 5.41) is 7.94. The molecule has 1 aliphatic heterocycles. The third kappa shape index (κ3) is 2.31. The maximum absolute atomic E-state index is 4.78. The lowest BCUT2D eigenvalue weighted by atomic mass is 10.0. The Kier molecular flexibility index (Phi) is 3.42. The highest BCUT2D eigenvalue weighted by Gasteiger charge is 2.22. The Morgan fingerprint density at radius 1 is 1.09 bits per heavy atom. The molecule has 0 unspecified atom stereocenters. The smallest absolute Gasteiger partial charge is 0.185 e. The molecule has 0 N–H and O–H groups in total. The zero-order valence-corrected chi connectivity index (χ0v) is 13.4. The van der Waals surface area contributed by atoms with Gasteiger partial charge in [-0.1, -0.05) is 30.3 Å². The van der Waals surface area contributed by atoms with Gasteiger partial charge < -0.3 is 4.90 Å². The largest absolute Gasteiger partial charge is 0.347 e. The topological polar surface area (TPSA) is 34.0 Å². The second-order valence-corrected chi connectivity index (χ2v) is 6.44. The highest BCUT2D eigenvalue weighted by molar-refractivity contribution is 7.13. The van der Waals surface area contributed by atoms with Crippen LogP contribution in [0.2, 0.25) is 0 Å². The van der Waals surface area contributed by atoms with Crippen molar-refractivity contribution in [2.75, 3.05) is 18.0 Å². The van der Waals surface area contributed by atoms with Gasteiger partial charge in [0.05, 0.1) is 11.4 Å². The molecule has 0 atom stereocenters. The summed E-state index contributed by atoms with van der Waals surface area (Å²) in [5.41, 5.74) is 5.14. The van der Waals surface area contributed by atoms with Crippen LogP contribution in [0.25, 0.3) is 11.3 Å². The first-order valence-electron chi connectivity index (χ1n) is 7.57. The van der Waals surface area contributed by atoms with Crippen molar-refractivity contribution < 1.29 is 0 Å². The average Bonchev–Trinajstić information content (AvgIpc) is 3.12. The molecule has 0 radical (unpaired) electrons. The summed E-state index contributed by atoms with van der Waals surface area (Å²) < 4.78 is 2.04. The van der Waals surface area contributed by atoms with Crippen LogP contribution >= 0.6 is 11.3 Å². The molecule has 4 nitrogen and oxygen atoms in total. The van der Waals surface area contributed by atoms with E-state index in [-0.39, 0.29) is 0 Å². The van der Waals surface area contributed by atoms with Crippen molar-refractivity contribution in [2.45, 2.75) is 12.8 Å². The van der Waals surface area contributed by atoms with Crippen molar-refractivity contribution in [3.63, 3.8) is 0 Å². The number of thiazole rings is 1. The van der Waals surface area contributed by atoms with Crippen molar-refractivity contribution in [3.8, 4) is 11.3 Å². The first-order chi connectivity index (χ1) is 10.8. The van der Waals surface area contributed by atoms with Gasteiger partial charge in [0.25, 0.3) is 0 Å². The lowest BCUT2D eigenvalue weighted by Gasteiger charge is -2.18. The van der Waals surface area contributed by atoms with Gasteiger partial charge in [0.15, 0.2) is 5.13 Å². The summed E-state index contributed by atoms with van der Waals surface area (Å²) in [6, 6.07) is 10.6. The second-order valence-electron chi connectivity index (χ2n) is 5.57. The number of anilines is 1. The van der Waals surface area contributed by atoms with Gasteiger partial charge in [0.2, 0.25) is 0 Å². The Balaban J connectivity index is 1.68. The number of hydrogen-bond acceptors (Lipinski definition) is 4. The Labute approximate surface area is 134 Å². The van der Waals surface area contributed by atoms with E-state index in [0.717, 1.165) is 31.1 Å². The van der Waals surface area contributed by atoms with E-state index in [9.17, 15) is 0 Å². The molecule has 1 aliphatic rings. The molecule has 5 heteroatoms. The van der Waals surface area contributed by atoms with Crippen molar-refractivity contribution in [1.82, 2.24) is 14.8 Å². The number of rotatable bonds is 2. The molecule has 1 aromatic carbocycles. The Morgan fingerprint density at radius 3 is 2.68 bits per heavy atom. The van der Waals surface area contributed by atoms with Crippen LogP contribution in [0.5, 0.6) is 0 Å². The van der Waals surface area contributed by atoms with Crippen molar-refractivity contribution in [1.29, 1.82) is 0 Å². The van der Waals surface area contributed by atoms with Crippen molar-refractivity contribution in [3.05, 3.63) is 53.2 Å².